The Morgan fingerprint density at radius 3 is 1.78 bits per heavy atom. The fraction of sp³-hybridized carbons (Fsp3) is 0.964. The molecule has 0 radical (unpaired) electrons. The third kappa shape index (κ3) is 23.1. The number of phosphoric ester groups is 1. The average molecular weight is 552 g/mol. The number of nitrogens with zero attached hydrogens (tertiary/aromatic N) is 1. The first-order valence-corrected chi connectivity index (χ1v) is 15.8. The zero-order valence-electron chi connectivity index (χ0n) is 25.1. The van der Waals surface area contributed by atoms with Crippen LogP contribution in [0.15, 0.2) is 0 Å². The summed E-state index contributed by atoms with van der Waals surface area (Å²) in [6.07, 6.45) is 10.2. The highest BCUT2D eigenvalue weighted by molar-refractivity contribution is 7.45. The maximum Gasteiger partial charge on any atom is 0.306 e. The van der Waals surface area contributed by atoms with Gasteiger partial charge in [-0.05, 0) is 23.7 Å². The molecule has 0 aliphatic heterocycles. The van der Waals surface area contributed by atoms with Crippen LogP contribution in [0, 0.1) is 23.7 Å². The van der Waals surface area contributed by atoms with E-state index in [2.05, 4.69) is 27.7 Å². The number of aliphatic hydroxyl groups is 1. The van der Waals surface area contributed by atoms with Gasteiger partial charge in [-0.15, -0.1) is 0 Å². The second-order valence-corrected chi connectivity index (χ2v) is 14.0. The lowest BCUT2D eigenvalue weighted by atomic mass is 9.91. The number of carbonyl (C=O) groups is 1. The number of hydrogen-bond acceptors (Lipinski definition) is 7. The molecule has 0 aromatic rings. The van der Waals surface area contributed by atoms with Crippen molar-refractivity contribution in [2.24, 2.45) is 23.7 Å². The van der Waals surface area contributed by atoms with Crippen molar-refractivity contribution >= 4 is 13.8 Å². The van der Waals surface area contributed by atoms with E-state index in [1.165, 1.54) is 38.5 Å². The Hall–Kier alpha value is -0.500. The van der Waals surface area contributed by atoms with Crippen molar-refractivity contribution < 1.29 is 37.6 Å². The largest absolute Gasteiger partial charge is 0.756 e. The summed E-state index contributed by atoms with van der Waals surface area (Å²) in [6, 6.07) is 0. The molecule has 8 nitrogen and oxygen atoms in total. The Morgan fingerprint density at radius 1 is 0.838 bits per heavy atom. The monoisotopic (exact) mass is 551 g/mol. The zero-order chi connectivity index (χ0) is 28.5. The van der Waals surface area contributed by atoms with Crippen LogP contribution in [0.1, 0.15) is 98.8 Å². The van der Waals surface area contributed by atoms with Crippen molar-refractivity contribution in [1.82, 2.24) is 0 Å². The zero-order valence-corrected chi connectivity index (χ0v) is 26.0. The van der Waals surface area contributed by atoms with Crippen LogP contribution in [0.25, 0.3) is 0 Å². The second-order valence-electron chi connectivity index (χ2n) is 12.6. The van der Waals surface area contributed by atoms with Crippen LogP contribution < -0.4 is 4.89 Å². The number of carbonyl (C=O) groups excluding carboxylic acids is 1. The molecule has 0 aromatic carbocycles. The van der Waals surface area contributed by atoms with Crippen molar-refractivity contribution in [2.75, 3.05) is 47.5 Å². The van der Waals surface area contributed by atoms with Crippen molar-refractivity contribution in [3.63, 3.8) is 0 Å². The number of hydrogen-bond donors (Lipinski definition) is 1. The van der Waals surface area contributed by atoms with Crippen molar-refractivity contribution in [3.05, 3.63) is 0 Å². The van der Waals surface area contributed by atoms with E-state index in [1.54, 1.807) is 0 Å². The van der Waals surface area contributed by atoms with E-state index < -0.39 is 33.1 Å². The Morgan fingerprint density at radius 2 is 1.32 bits per heavy atom. The van der Waals surface area contributed by atoms with Gasteiger partial charge in [0.1, 0.15) is 19.3 Å². The van der Waals surface area contributed by atoms with Gasteiger partial charge >= 0.3 is 5.97 Å². The van der Waals surface area contributed by atoms with Crippen LogP contribution in [0.5, 0.6) is 0 Å². The molecule has 37 heavy (non-hydrogen) atoms. The van der Waals surface area contributed by atoms with Crippen molar-refractivity contribution in [1.29, 1.82) is 0 Å². The SMILES string of the molecule is CC(C)CCCC(C)CCCC(C)CCCC(C)CC(=O)O[C@@H](CO)COP(=O)([O-])OCC[N+](C)(C)C. The molecule has 0 bridgehead atoms. The number of aliphatic hydroxyl groups excluding tert-OH is 1. The summed E-state index contributed by atoms with van der Waals surface area (Å²) >= 11 is 0. The van der Waals surface area contributed by atoms with Gasteiger partial charge in [0.25, 0.3) is 7.82 Å². The number of esters is 1. The van der Waals surface area contributed by atoms with Gasteiger partial charge in [0.05, 0.1) is 34.4 Å². The molecule has 222 valence electrons. The summed E-state index contributed by atoms with van der Waals surface area (Å²) < 4.78 is 27.3. The molecule has 0 spiro atoms. The number of rotatable bonds is 23. The highest BCUT2D eigenvalue weighted by Crippen LogP contribution is 2.38. The smallest absolute Gasteiger partial charge is 0.306 e. The molecular formula is C28H58NO7P. The standard InChI is InChI=1S/C28H58NO7P/c1-23(2)12-9-13-24(3)14-10-15-25(4)16-11-17-26(5)20-28(31)36-27(21-30)22-35-37(32,33)34-19-18-29(6,7)8/h23-27,30H,9-22H2,1-8H3/t24?,25?,26?,27-/m0/s1. The summed E-state index contributed by atoms with van der Waals surface area (Å²) in [4.78, 5) is 24.2. The summed E-state index contributed by atoms with van der Waals surface area (Å²) in [6.45, 7) is 10.8. The molecule has 9 heteroatoms. The summed E-state index contributed by atoms with van der Waals surface area (Å²) in [5, 5.41) is 9.47. The van der Waals surface area contributed by atoms with Gasteiger partial charge in [-0.3, -0.25) is 9.36 Å². The maximum atomic E-state index is 12.3. The third-order valence-corrected chi connectivity index (χ3v) is 7.68. The fourth-order valence-corrected chi connectivity index (χ4v) is 4.90. The minimum absolute atomic E-state index is 0.0123. The first kappa shape index (κ1) is 36.5. The lowest BCUT2D eigenvalue weighted by Gasteiger charge is -2.28. The Balaban J connectivity index is 4.08. The lowest BCUT2D eigenvalue weighted by molar-refractivity contribution is -0.870. The molecule has 0 aliphatic rings. The molecule has 5 atom stereocenters. The van der Waals surface area contributed by atoms with Crippen molar-refractivity contribution in [2.45, 2.75) is 105 Å². The molecule has 0 rings (SSSR count). The minimum atomic E-state index is -4.53. The van der Waals surface area contributed by atoms with Crippen molar-refractivity contribution in [3.8, 4) is 0 Å². The molecule has 0 amide bonds. The first-order chi connectivity index (χ1) is 17.1. The van der Waals surface area contributed by atoms with Crippen LogP contribution in [-0.4, -0.2) is 69.2 Å². The molecule has 0 saturated carbocycles. The Bertz CT molecular complexity index is 639. The Kier molecular flexibility index (Phi) is 19.3. The van der Waals surface area contributed by atoms with Gasteiger partial charge in [-0.25, -0.2) is 0 Å². The fourth-order valence-electron chi connectivity index (χ4n) is 4.18. The van der Waals surface area contributed by atoms with Crippen LogP contribution in [0.3, 0.4) is 0 Å². The highest BCUT2D eigenvalue weighted by Gasteiger charge is 2.20. The maximum absolute atomic E-state index is 12.3. The normalized spacial score (nSPS) is 17.3. The molecule has 0 saturated heterocycles. The summed E-state index contributed by atoms with van der Waals surface area (Å²) in [5.41, 5.74) is 0. The van der Waals surface area contributed by atoms with E-state index in [-0.39, 0.29) is 18.9 Å². The highest BCUT2D eigenvalue weighted by atomic mass is 31.2. The van der Waals surface area contributed by atoms with Gasteiger partial charge < -0.3 is 28.3 Å². The van der Waals surface area contributed by atoms with E-state index in [1.807, 2.05) is 28.1 Å². The summed E-state index contributed by atoms with van der Waals surface area (Å²) in [5.74, 6) is 2.00. The minimum Gasteiger partial charge on any atom is -0.756 e. The Labute approximate surface area is 227 Å². The average Bonchev–Trinajstić information content (AvgIpc) is 2.75. The van der Waals surface area contributed by atoms with Gasteiger partial charge in [0.15, 0.2) is 0 Å². The molecule has 0 fully saturated rings. The van der Waals surface area contributed by atoms with E-state index in [9.17, 15) is 19.4 Å². The molecular weight excluding hydrogens is 493 g/mol. The first-order valence-electron chi connectivity index (χ1n) is 14.3. The second kappa shape index (κ2) is 19.5. The van der Waals surface area contributed by atoms with Gasteiger partial charge in [-0.2, -0.15) is 0 Å². The van der Waals surface area contributed by atoms with Gasteiger partial charge in [-0.1, -0.05) is 92.4 Å². The van der Waals surface area contributed by atoms with Crippen LogP contribution in [0.4, 0.5) is 0 Å². The van der Waals surface area contributed by atoms with E-state index in [4.69, 9.17) is 13.8 Å². The quantitative estimate of drug-likeness (QED) is 0.101. The predicted octanol–water partition coefficient (Wildman–Crippen LogP) is 5.56. The predicted molar refractivity (Wildman–Crippen MR) is 148 cm³/mol. The molecule has 0 aliphatic carbocycles. The third-order valence-electron chi connectivity index (χ3n) is 6.71. The number of quaternary nitrogens is 1. The molecule has 1 N–H and O–H groups in total. The van der Waals surface area contributed by atoms with Gasteiger partial charge in [0.2, 0.25) is 0 Å². The molecule has 0 heterocycles. The van der Waals surface area contributed by atoms with E-state index in [0.29, 0.717) is 16.9 Å². The number of phosphoric acid groups is 1. The van der Waals surface area contributed by atoms with Crippen LogP contribution >= 0.6 is 7.82 Å². The van der Waals surface area contributed by atoms with Crippen LogP contribution in [0.2, 0.25) is 0 Å². The topological polar surface area (TPSA) is 105 Å². The number of ether oxygens (including phenoxy) is 1. The molecule has 4 unspecified atom stereocenters. The van der Waals surface area contributed by atoms with E-state index in [0.717, 1.165) is 31.1 Å². The van der Waals surface area contributed by atoms with Crippen LogP contribution in [-0.2, 0) is 23.1 Å². The molecule has 0 aromatic heterocycles. The van der Waals surface area contributed by atoms with Gasteiger partial charge in [0, 0.05) is 6.42 Å². The number of likely N-dealkylation sites (N-methyl/N-ethyl adjacent to an activating group) is 1. The summed E-state index contributed by atoms with van der Waals surface area (Å²) in [7, 11) is 1.23. The lowest BCUT2D eigenvalue weighted by Crippen LogP contribution is -2.37. The van der Waals surface area contributed by atoms with E-state index >= 15 is 0 Å².